The molecule has 4 rings (SSSR count). The number of hydrogen-bond donors (Lipinski definition) is 2. The Labute approximate surface area is 186 Å². The maximum Gasteiger partial charge on any atom is 0.224 e. The maximum atomic E-state index is 12.6. The van der Waals surface area contributed by atoms with Crippen molar-refractivity contribution in [3.05, 3.63) is 45.2 Å². The van der Waals surface area contributed by atoms with Gasteiger partial charge in [-0.2, -0.15) is 0 Å². The smallest absolute Gasteiger partial charge is 0.224 e. The molecular weight excluding hydrogens is 420 g/mol. The number of anilines is 1. The van der Waals surface area contributed by atoms with E-state index in [-0.39, 0.29) is 11.9 Å². The number of nitrogens with one attached hydrogen (secondary N) is 2. The van der Waals surface area contributed by atoms with E-state index >= 15 is 0 Å². The molecule has 7 nitrogen and oxygen atoms in total. The highest BCUT2D eigenvalue weighted by atomic mass is 35.5. The van der Waals surface area contributed by atoms with Crippen molar-refractivity contribution >= 4 is 40.6 Å². The van der Waals surface area contributed by atoms with Crippen molar-refractivity contribution in [1.29, 1.82) is 0 Å². The van der Waals surface area contributed by atoms with E-state index in [4.69, 9.17) is 11.6 Å². The molecule has 2 aromatic rings. The number of guanidine groups is 1. The van der Waals surface area contributed by atoms with Gasteiger partial charge < -0.3 is 20.4 Å². The molecule has 0 aliphatic carbocycles. The molecule has 0 aromatic carbocycles. The van der Waals surface area contributed by atoms with E-state index in [1.54, 1.807) is 24.6 Å². The van der Waals surface area contributed by atoms with Crippen LogP contribution in [0.4, 0.5) is 5.82 Å². The lowest BCUT2D eigenvalue weighted by molar-refractivity contribution is -0.131. The summed E-state index contributed by atoms with van der Waals surface area (Å²) in [5.74, 6) is 1.74. The van der Waals surface area contributed by atoms with E-state index < -0.39 is 0 Å². The van der Waals surface area contributed by atoms with Crippen LogP contribution in [-0.4, -0.2) is 61.0 Å². The van der Waals surface area contributed by atoms with Gasteiger partial charge in [0.15, 0.2) is 5.96 Å². The zero-order chi connectivity index (χ0) is 20.9. The quantitative estimate of drug-likeness (QED) is 0.545. The number of pyridine rings is 1. The van der Waals surface area contributed by atoms with Crippen molar-refractivity contribution in [3.8, 4) is 0 Å². The van der Waals surface area contributed by atoms with Gasteiger partial charge in [0.05, 0.1) is 5.02 Å². The average Bonchev–Trinajstić information content (AvgIpc) is 3.42. The van der Waals surface area contributed by atoms with E-state index in [0.717, 1.165) is 50.8 Å². The zero-order valence-corrected chi connectivity index (χ0v) is 18.7. The first kappa shape index (κ1) is 20.9. The lowest BCUT2D eigenvalue weighted by Gasteiger charge is -2.27. The van der Waals surface area contributed by atoms with E-state index in [1.807, 2.05) is 17.0 Å². The minimum atomic E-state index is 0.187. The average molecular weight is 447 g/mol. The van der Waals surface area contributed by atoms with Crippen LogP contribution >= 0.6 is 22.9 Å². The SMILES string of the molecule is CN=C(NCCC(=O)N1CCc2sccc2C1)NC1CCN(c2ncccc2Cl)C1. The van der Waals surface area contributed by atoms with E-state index in [9.17, 15) is 4.79 Å². The molecule has 0 spiro atoms. The fraction of sp³-hybridized carbons (Fsp3) is 0.476. The summed E-state index contributed by atoms with van der Waals surface area (Å²) in [5.41, 5.74) is 1.30. The minimum absolute atomic E-state index is 0.187. The third-order valence-electron chi connectivity index (χ3n) is 5.58. The predicted octanol–water partition coefficient (Wildman–Crippen LogP) is 2.52. The number of fused-ring (bicyclic) bond motifs is 1. The second kappa shape index (κ2) is 9.66. The number of halogens is 1. The Morgan fingerprint density at radius 3 is 3.13 bits per heavy atom. The van der Waals surface area contributed by atoms with Gasteiger partial charge in [-0.3, -0.25) is 9.79 Å². The third-order valence-corrected chi connectivity index (χ3v) is 6.90. The van der Waals surface area contributed by atoms with Crippen LogP contribution in [0.2, 0.25) is 5.02 Å². The molecule has 2 aliphatic heterocycles. The first-order chi connectivity index (χ1) is 14.6. The predicted molar refractivity (Wildman–Crippen MR) is 122 cm³/mol. The number of nitrogens with zero attached hydrogens (tertiary/aromatic N) is 4. The topological polar surface area (TPSA) is 72.9 Å². The van der Waals surface area contributed by atoms with Gasteiger partial charge in [-0.15, -0.1) is 11.3 Å². The lowest BCUT2D eigenvalue weighted by atomic mass is 10.1. The van der Waals surface area contributed by atoms with Gasteiger partial charge in [-0.1, -0.05) is 11.6 Å². The number of carbonyl (C=O) groups excluding carboxylic acids is 1. The van der Waals surface area contributed by atoms with Crippen LogP contribution in [0.5, 0.6) is 0 Å². The largest absolute Gasteiger partial charge is 0.356 e. The summed E-state index contributed by atoms with van der Waals surface area (Å²) in [6.07, 6.45) is 4.17. The minimum Gasteiger partial charge on any atom is -0.356 e. The molecule has 160 valence electrons. The molecule has 2 aliphatic rings. The van der Waals surface area contributed by atoms with Crippen LogP contribution in [0.25, 0.3) is 0 Å². The highest BCUT2D eigenvalue weighted by Gasteiger charge is 2.26. The van der Waals surface area contributed by atoms with Crippen LogP contribution in [0.1, 0.15) is 23.3 Å². The molecule has 4 heterocycles. The van der Waals surface area contributed by atoms with Gasteiger partial charge in [0, 0.05) is 63.3 Å². The Hall–Kier alpha value is -2.32. The lowest BCUT2D eigenvalue weighted by Crippen LogP contribution is -2.46. The molecule has 2 aromatic heterocycles. The molecule has 1 saturated heterocycles. The van der Waals surface area contributed by atoms with Gasteiger partial charge in [0.1, 0.15) is 5.82 Å². The first-order valence-corrected chi connectivity index (χ1v) is 11.6. The first-order valence-electron chi connectivity index (χ1n) is 10.3. The number of carbonyl (C=O) groups is 1. The van der Waals surface area contributed by atoms with Gasteiger partial charge in [-0.05, 0) is 42.0 Å². The van der Waals surface area contributed by atoms with Gasteiger partial charge >= 0.3 is 0 Å². The Morgan fingerprint density at radius 2 is 2.30 bits per heavy atom. The van der Waals surface area contributed by atoms with Crippen molar-refractivity contribution in [2.45, 2.75) is 31.8 Å². The Bertz CT molecular complexity index is 916. The highest BCUT2D eigenvalue weighted by molar-refractivity contribution is 7.10. The van der Waals surface area contributed by atoms with Crippen LogP contribution in [0, 0.1) is 0 Å². The molecule has 2 N–H and O–H groups in total. The normalized spacial score (nSPS) is 19.0. The Morgan fingerprint density at radius 1 is 1.40 bits per heavy atom. The monoisotopic (exact) mass is 446 g/mol. The summed E-state index contributed by atoms with van der Waals surface area (Å²) < 4.78 is 0. The third kappa shape index (κ3) is 4.87. The summed E-state index contributed by atoms with van der Waals surface area (Å²) >= 11 is 8.06. The maximum absolute atomic E-state index is 12.6. The van der Waals surface area contributed by atoms with Crippen molar-refractivity contribution in [2.24, 2.45) is 4.99 Å². The molecule has 1 fully saturated rings. The number of rotatable bonds is 5. The second-order valence-electron chi connectivity index (χ2n) is 7.57. The summed E-state index contributed by atoms with van der Waals surface area (Å²) in [4.78, 5) is 26.8. The number of hydrogen-bond acceptors (Lipinski definition) is 5. The molecule has 30 heavy (non-hydrogen) atoms. The van der Waals surface area contributed by atoms with E-state index in [0.29, 0.717) is 18.0 Å². The van der Waals surface area contributed by atoms with Gasteiger partial charge in [0.25, 0.3) is 0 Å². The zero-order valence-electron chi connectivity index (χ0n) is 17.1. The summed E-state index contributed by atoms with van der Waals surface area (Å²) in [7, 11) is 1.75. The van der Waals surface area contributed by atoms with E-state index in [2.05, 4.69) is 37.0 Å². The van der Waals surface area contributed by atoms with E-state index in [1.165, 1.54) is 10.4 Å². The van der Waals surface area contributed by atoms with Crippen molar-refractivity contribution < 1.29 is 4.79 Å². The number of amides is 1. The molecule has 0 bridgehead atoms. The van der Waals surface area contributed by atoms with Crippen LogP contribution in [-0.2, 0) is 17.8 Å². The fourth-order valence-corrected chi connectivity index (χ4v) is 5.11. The number of aromatic nitrogens is 1. The molecular formula is C21H27ClN6OS. The van der Waals surface area contributed by atoms with Crippen LogP contribution in [0.3, 0.4) is 0 Å². The molecule has 0 radical (unpaired) electrons. The Balaban J connectivity index is 1.21. The molecule has 9 heteroatoms. The summed E-state index contributed by atoms with van der Waals surface area (Å²) in [6, 6.07) is 6.09. The second-order valence-corrected chi connectivity index (χ2v) is 8.98. The van der Waals surface area contributed by atoms with Gasteiger partial charge in [-0.25, -0.2) is 4.98 Å². The Kier molecular flexibility index (Phi) is 6.74. The molecule has 0 saturated carbocycles. The fourth-order valence-electron chi connectivity index (χ4n) is 3.98. The number of aliphatic imine (C=N–C) groups is 1. The molecule has 1 amide bonds. The highest BCUT2D eigenvalue weighted by Crippen LogP contribution is 2.26. The summed E-state index contributed by atoms with van der Waals surface area (Å²) in [6.45, 7) is 3.82. The van der Waals surface area contributed by atoms with Crippen LogP contribution in [0.15, 0.2) is 34.8 Å². The van der Waals surface area contributed by atoms with Crippen molar-refractivity contribution in [3.63, 3.8) is 0 Å². The van der Waals surface area contributed by atoms with Crippen molar-refractivity contribution in [1.82, 2.24) is 20.5 Å². The molecule has 1 unspecified atom stereocenters. The summed E-state index contributed by atoms with van der Waals surface area (Å²) in [5, 5.41) is 9.52. The van der Waals surface area contributed by atoms with Gasteiger partial charge in [0.2, 0.25) is 5.91 Å². The van der Waals surface area contributed by atoms with Crippen molar-refractivity contribution in [2.75, 3.05) is 38.1 Å². The number of thiophene rings is 1. The molecule has 1 atom stereocenters. The standard InChI is InChI=1S/C21H27ClN6OS/c1-23-21(26-16-5-10-28(14-16)20-17(22)3-2-8-24-20)25-9-4-19(29)27-11-6-18-15(13-27)7-12-30-18/h2-3,7-8,12,16H,4-6,9-11,13-14H2,1H3,(H2,23,25,26). The van der Waals surface area contributed by atoms with Crippen LogP contribution < -0.4 is 15.5 Å².